The van der Waals surface area contributed by atoms with Crippen LogP contribution in [0, 0.1) is 0 Å². The van der Waals surface area contributed by atoms with Crippen LogP contribution in [0.1, 0.15) is 12.8 Å². The van der Waals surface area contributed by atoms with Crippen molar-refractivity contribution in [2.75, 3.05) is 30.3 Å². The van der Waals surface area contributed by atoms with E-state index in [0.29, 0.717) is 33.6 Å². The summed E-state index contributed by atoms with van der Waals surface area (Å²) in [5, 5.41) is 7.55. The summed E-state index contributed by atoms with van der Waals surface area (Å²) in [6.45, 7) is 1.52. The first-order valence-electron chi connectivity index (χ1n) is 8.97. The van der Waals surface area contributed by atoms with Crippen LogP contribution in [0.3, 0.4) is 0 Å². The number of carbonyl (C=O) groups excluding carboxylic acids is 1. The number of nitrogens with one attached hydrogen (secondary N) is 3. The molecule has 1 amide bonds. The molecule has 8 nitrogen and oxygen atoms in total. The quantitative estimate of drug-likeness (QED) is 0.587. The summed E-state index contributed by atoms with van der Waals surface area (Å²) < 4.78 is 0. The number of carbonyl (C=O) groups is 1. The number of rotatable bonds is 5. The van der Waals surface area contributed by atoms with E-state index < -0.39 is 0 Å². The van der Waals surface area contributed by atoms with Crippen LogP contribution in [-0.4, -0.2) is 56.4 Å². The molecule has 0 aliphatic carbocycles. The topological polar surface area (TPSA) is 98.8 Å². The molecule has 28 heavy (non-hydrogen) atoms. The van der Waals surface area contributed by atoms with Crippen molar-refractivity contribution in [2.45, 2.75) is 18.9 Å². The maximum atomic E-state index is 12.6. The number of nitrogens with zero attached hydrogens (tertiary/aromatic N) is 4. The number of benzene rings is 1. The molecule has 1 aromatic carbocycles. The van der Waals surface area contributed by atoms with Gasteiger partial charge in [0.25, 0.3) is 0 Å². The van der Waals surface area contributed by atoms with E-state index in [-0.39, 0.29) is 18.5 Å². The highest BCUT2D eigenvalue weighted by Crippen LogP contribution is 2.23. The van der Waals surface area contributed by atoms with Crippen LogP contribution in [0.4, 0.5) is 11.5 Å². The number of piperidine rings is 1. The van der Waals surface area contributed by atoms with Gasteiger partial charge in [-0.3, -0.25) is 4.79 Å². The fourth-order valence-corrected chi connectivity index (χ4v) is 3.86. The lowest BCUT2D eigenvalue weighted by Gasteiger charge is -2.33. The molecule has 0 spiro atoms. The van der Waals surface area contributed by atoms with Gasteiger partial charge in [-0.2, -0.15) is 0 Å². The summed E-state index contributed by atoms with van der Waals surface area (Å²) >= 11 is 12.0. The molecule has 10 heteroatoms. The van der Waals surface area contributed by atoms with Gasteiger partial charge in [0, 0.05) is 34.9 Å². The molecule has 3 heterocycles. The molecule has 0 bridgehead atoms. The molecule has 4 rings (SSSR count). The Hall–Kier alpha value is -2.58. The van der Waals surface area contributed by atoms with E-state index in [4.69, 9.17) is 23.2 Å². The van der Waals surface area contributed by atoms with Crippen LogP contribution in [-0.2, 0) is 4.79 Å². The fraction of sp³-hybridized carbons (Fsp3) is 0.333. The summed E-state index contributed by atoms with van der Waals surface area (Å²) in [6, 6.07) is 5.24. The normalized spacial score (nSPS) is 16.9. The molecule has 0 unspecified atom stereocenters. The summed E-state index contributed by atoms with van der Waals surface area (Å²) in [5.74, 6) is 0.701. The second-order valence-electron chi connectivity index (χ2n) is 6.66. The molecule has 0 saturated carbocycles. The van der Waals surface area contributed by atoms with Gasteiger partial charge in [-0.25, -0.2) is 15.0 Å². The summed E-state index contributed by atoms with van der Waals surface area (Å²) in [4.78, 5) is 30.2. The van der Waals surface area contributed by atoms with Gasteiger partial charge in [-0.1, -0.05) is 23.2 Å². The molecule has 1 atom stereocenters. The zero-order valence-electron chi connectivity index (χ0n) is 15.0. The van der Waals surface area contributed by atoms with E-state index in [1.54, 1.807) is 24.5 Å². The average molecular weight is 420 g/mol. The lowest BCUT2D eigenvalue weighted by molar-refractivity contribution is -0.130. The third-order valence-corrected chi connectivity index (χ3v) is 5.07. The molecule has 3 aromatic rings. The number of aromatic nitrogens is 4. The Morgan fingerprint density at radius 3 is 2.86 bits per heavy atom. The minimum atomic E-state index is 0.0233. The summed E-state index contributed by atoms with van der Waals surface area (Å²) in [7, 11) is 0. The second-order valence-corrected chi connectivity index (χ2v) is 7.53. The van der Waals surface area contributed by atoms with Gasteiger partial charge in [0.1, 0.15) is 11.8 Å². The predicted octanol–water partition coefficient (Wildman–Crippen LogP) is 3.17. The Labute approximate surface area is 171 Å². The van der Waals surface area contributed by atoms with Crippen LogP contribution in [0.15, 0.2) is 30.9 Å². The molecule has 1 aliphatic heterocycles. The van der Waals surface area contributed by atoms with Gasteiger partial charge in [0.2, 0.25) is 5.91 Å². The van der Waals surface area contributed by atoms with Gasteiger partial charge in [-0.05, 0) is 31.0 Å². The van der Waals surface area contributed by atoms with E-state index in [1.807, 2.05) is 4.90 Å². The maximum absolute atomic E-state index is 12.6. The second kappa shape index (κ2) is 8.20. The minimum absolute atomic E-state index is 0.0233. The summed E-state index contributed by atoms with van der Waals surface area (Å²) in [5.41, 5.74) is 2.11. The molecule has 1 fully saturated rings. The molecule has 1 aliphatic rings. The van der Waals surface area contributed by atoms with Crippen molar-refractivity contribution in [2.24, 2.45) is 0 Å². The Bertz CT molecular complexity index is 973. The van der Waals surface area contributed by atoms with Crippen molar-refractivity contribution < 1.29 is 4.79 Å². The molecule has 1 saturated heterocycles. The van der Waals surface area contributed by atoms with E-state index in [1.165, 1.54) is 6.33 Å². The van der Waals surface area contributed by atoms with Gasteiger partial charge < -0.3 is 20.5 Å². The Morgan fingerprint density at radius 2 is 2.04 bits per heavy atom. The van der Waals surface area contributed by atoms with E-state index >= 15 is 0 Å². The number of hydrogen-bond acceptors (Lipinski definition) is 6. The zero-order chi connectivity index (χ0) is 19.5. The van der Waals surface area contributed by atoms with Gasteiger partial charge in [0.15, 0.2) is 11.5 Å². The molecular formula is C18H19Cl2N7O. The average Bonchev–Trinajstić information content (AvgIpc) is 3.15. The van der Waals surface area contributed by atoms with Crippen molar-refractivity contribution >= 4 is 51.8 Å². The number of likely N-dealkylation sites (tertiary alicyclic amines) is 1. The molecular weight excluding hydrogens is 401 g/mol. The van der Waals surface area contributed by atoms with Crippen LogP contribution in [0.5, 0.6) is 0 Å². The number of halogens is 2. The number of imidazole rings is 1. The largest absolute Gasteiger partial charge is 0.376 e. The van der Waals surface area contributed by atoms with Crippen molar-refractivity contribution in [1.82, 2.24) is 24.8 Å². The third-order valence-electron chi connectivity index (χ3n) is 4.64. The number of fused-ring (bicyclic) bond motifs is 1. The standard InChI is InChI=1S/C18H19Cl2N7O/c19-11-4-12(20)6-14(5-11)21-7-15(28)27-3-1-2-13(8-27)26-18-16-17(23-9-22-16)24-10-25-18/h4-6,9-10,13,21H,1-3,7-8H2,(H2,22,23,24,25,26)/t13-/m1/s1. The lowest BCUT2D eigenvalue weighted by Crippen LogP contribution is -2.47. The Kier molecular flexibility index (Phi) is 5.50. The Morgan fingerprint density at radius 1 is 1.21 bits per heavy atom. The molecule has 0 radical (unpaired) electrons. The van der Waals surface area contributed by atoms with Crippen molar-refractivity contribution in [3.05, 3.63) is 40.9 Å². The van der Waals surface area contributed by atoms with Crippen LogP contribution < -0.4 is 10.6 Å². The van der Waals surface area contributed by atoms with Crippen LogP contribution in [0.2, 0.25) is 10.0 Å². The highest BCUT2D eigenvalue weighted by Gasteiger charge is 2.24. The number of amides is 1. The summed E-state index contributed by atoms with van der Waals surface area (Å²) in [6.07, 6.45) is 4.96. The van der Waals surface area contributed by atoms with Gasteiger partial charge in [-0.15, -0.1) is 0 Å². The van der Waals surface area contributed by atoms with E-state index in [0.717, 1.165) is 25.1 Å². The smallest absolute Gasteiger partial charge is 0.241 e. The SMILES string of the molecule is O=C(CNc1cc(Cl)cc(Cl)c1)N1CCC[C@@H](Nc2ncnc3[nH]cnc23)C1. The van der Waals surface area contributed by atoms with Crippen molar-refractivity contribution in [3.63, 3.8) is 0 Å². The fourth-order valence-electron chi connectivity index (χ4n) is 3.33. The van der Waals surface area contributed by atoms with E-state index in [2.05, 4.69) is 30.6 Å². The van der Waals surface area contributed by atoms with Crippen LogP contribution >= 0.6 is 23.2 Å². The molecule has 2 aromatic heterocycles. The maximum Gasteiger partial charge on any atom is 0.241 e. The van der Waals surface area contributed by atoms with Crippen molar-refractivity contribution in [1.29, 1.82) is 0 Å². The van der Waals surface area contributed by atoms with Gasteiger partial charge >= 0.3 is 0 Å². The number of hydrogen-bond donors (Lipinski definition) is 3. The monoisotopic (exact) mass is 419 g/mol. The number of anilines is 2. The number of H-pyrrole nitrogens is 1. The highest BCUT2D eigenvalue weighted by molar-refractivity contribution is 6.35. The first kappa shape index (κ1) is 18.8. The Balaban J connectivity index is 1.36. The van der Waals surface area contributed by atoms with Crippen molar-refractivity contribution in [3.8, 4) is 0 Å². The lowest BCUT2D eigenvalue weighted by atomic mass is 10.1. The zero-order valence-corrected chi connectivity index (χ0v) is 16.5. The number of aromatic amines is 1. The minimum Gasteiger partial charge on any atom is -0.376 e. The van der Waals surface area contributed by atoms with E-state index in [9.17, 15) is 4.79 Å². The molecule has 146 valence electrons. The van der Waals surface area contributed by atoms with Crippen LogP contribution in [0.25, 0.3) is 11.2 Å². The first-order valence-corrected chi connectivity index (χ1v) is 9.72. The highest BCUT2D eigenvalue weighted by atomic mass is 35.5. The first-order chi connectivity index (χ1) is 13.6. The van der Waals surface area contributed by atoms with Gasteiger partial charge in [0.05, 0.1) is 12.9 Å². The molecule has 3 N–H and O–H groups in total. The third kappa shape index (κ3) is 4.28. The predicted molar refractivity (Wildman–Crippen MR) is 110 cm³/mol.